The summed E-state index contributed by atoms with van der Waals surface area (Å²) in [5.41, 5.74) is 0.481. The van der Waals surface area contributed by atoms with E-state index >= 15 is 0 Å². The lowest BCUT2D eigenvalue weighted by Gasteiger charge is -1.98. The van der Waals surface area contributed by atoms with Crippen molar-refractivity contribution in [1.82, 2.24) is 0 Å². The summed E-state index contributed by atoms with van der Waals surface area (Å²) in [6, 6.07) is 13.4. The summed E-state index contributed by atoms with van der Waals surface area (Å²) >= 11 is 0. The van der Waals surface area contributed by atoms with Crippen molar-refractivity contribution in [3.05, 3.63) is 70.3 Å². The van der Waals surface area contributed by atoms with E-state index in [0.29, 0.717) is 5.56 Å². The minimum atomic E-state index is -3.85. The minimum Gasteiger partial charge on any atom is -0.258 e. The van der Waals surface area contributed by atoms with E-state index in [1.165, 1.54) is 6.21 Å². The van der Waals surface area contributed by atoms with Crippen molar-refractivity contribution in [2.75, 3.05) is 0 Å². The van der Waals surface area contributed by atoms with E-state index in [1.54, 1.807) is 24.3 Å². The normalized spacial score (nSPS) is 11.6. The molecule has 0 radical (unpaired) electrons. The van der Waals surface area contributed by atoms with Crippen molar-refractivity contribution in [3.8, 4) is 0 Å². The predicted octanol–water partition coefficient (Wildman–Crippen LogP) is 2.40. The molecular formula is C13H10N2O4S. The maximum Gasteiger partial charge on any atom is 0.282 e. The molecule has 2 aromatic carbocycles. The monoisotopic (exact) mass is 290 g/mol. The number of nitrogens with zero attached hydrogens (tertiary/aromatic N) is 2. The number of sulfonamides is 1. The van der Waals surface area contributed by atoms with Gasteiger partial charge in [-0.05, 0) is 17.7 Å². The molecule has 0 aliphatic rings. The van der Waals surface area contributed by atoms with Crippen LogP contribution < -0.4 is 0 Å². The molecule has 0 unspecified atom stereocenters. The topological polar surface area (TPSA) is 89.6 Å². The second-order valence-electron chi connectivity index (χ2n) is 3.87. The number of rotatable bonds is 4. The molecule has 0 aromatic heterocycles. The van der Waals surface area contributed by atoms with Crippen LogP contribution in [0.4, 0.5) is 5.69 Å². The van der Waals surface area contributed by atoms with Gasteiger partial charge in [0.1, 0.15) is 0 Å². The van der Waals surface area contributed by atoms with Crippen molar-refractivity contribution < 1.29 is 13.3 Å². The summed E-state index contributed by atoms with van der Waals surface area (Å²) in [5, 5.41) is 10.5. The largest absolute Gasteiger partial charge is 0.282 e. The van der Waals surface area contributed by atoms with E-state index in [9.17, 15) is 18.5 Å². The molecule has 2 rings (SSSR count). The van der Waals surface area contributed by atoms with Crippen molar-refractivity contribution in [2.24, 2.45) is 4.40 Å². The van der Waals surface area contributed by atoms with Gasteiger partial charge in [0.2, 0.25) is 0 Å². The third-order valence-electron chi connectivity index (χ3n) is 2.49. The van der Waals surface area contributed by atoms with Gasteiger partial charge in [0.05, 0.1) is 9.82 Å². The minimum absolute atomic E-state index is 0.0877. The van der Waals surface area contributed by atoms with Crippen LogP contribution in [0, 0.1) is 10.1 Å². The molecule has 0 heterocycles. The standard InChI is InChI=1S/C13H10N2O4S/c16-15(17)12-6-8-13(9-7-12)20(18,19)14-10-11-4-2-1-3-5-11/h1-10H/b14-10+. The Balaban J connectivity index is 2.27. The lowest BCUT2D eigenvalue weighted by molar-refractivity contribution is -0.384. The van der Waals surface area contributed by atoms with Gasteiger partial charge in [-0.15, -0.1) is 0 Å². The van der Waals surface area contributed by atoms with E-state index in [-0.39, 0.29) is 10.6 Å². The average Bonchev–Trinajstić information content (AvgIpc) is 2.46. The number of hydrogen-bond donors (Lipinski definition) is 0. The molecule has 0 N–H and O–H groups in total. The third kappa shape index (κ3) is 3.27. The van der Waals surface area contributed by atoms with Gasteiger partial charge in [-0.3, -0.25) is 10.1 Å². The van der Waals surface area contributed by atoms with Gasteiger partial charge >= 0.3 is 0 Å². The van der Waals surface area contributed by atoms with Crippen LogP contribution in [0.3, 0.4) is 0 Å². The number of nitro benzene ring substituents is 1. The van der Waals surface area contributed by atoms with Crippen LogP contribution in [-0.2, 0) is 10.0 Å². The highest BCUT2D eigenvalue weighted by atomic mass is 32.2. The van der Waals surface area contributed by atoms with E-state index in [1.807, 2.05) is 6.07 Å². The molecule has 2 aromatic rings. The number of benzene rings is 2. The highest BCUT2D eigenvalue weighted by molar-refractivity contribution is 7.90. The molecule has 0 atom stereocenters. The van der Waals surface area contributed by atoms with E-state index in [0.717, 1.165) is 24.3 Å². The summed E-state index contributed by atoms with van der Waals surface area (Å²) in [5.74, 6) is 0. The molecule has 0 saturated carbocycles. The summed E-state index contributed by atoms with van der Waals surface area (Å²) in [6.45, 7) is 0. The first kappa shape index (κ1) is 13.9. The maximum absolute atomic E-state index is 11.9. The molecule has 0 saturated heterocycles. The van der Waals surface area contributed by atoms with Crippen LogP contribution in [0.15, 0.2) is 63.9 Å². The van der Waals surface area contributed by atoms with Gasteiger partial charge < -0.3 is 0 Å². The molecule has 0 aliphatic carbocycles. The molecule has 7 heteroatoms. The van der Waals surface area contributed by atoms with Gasteiger partial charge in [-0.1, -0.05) is 30.3 Å². The Morgan fingerprint density at radius 1 is 1.00 bits per heavy atom. The van der Waals surface area contributed by atoms with Crippen molar-refractivity contribution in [2.45, 2.75) is 4.90 Å². The van der Waals surface area contributed by atoms with Crippen LogP contribution >= 0.6 is 0 Å². The molecule has 20 heavy (non-hydrogen) atoms. The molecule has 6 nitrogen and oxygen atoms in total. The predicted molar refractivity (Wildman–Crippen MR) is 74.3 cm³/mol. The number of hydrogen-bond acceptors (Lipinski definition) is 4. The Kier molecular flexibility index (Phi) is 3.90. The SMILES string of the molecule is O=[N+]([O-])c1ccc(S(=O)(=O)/N=C/c2ccccc2)cc1. The van der Waals surface area contributed by atoms with Gasteiger partial charge in [-0.2, -0.15) is 12.8 Å². The first-order valence-electron chi connectivity index (χ1n) is 5.59. The fraction of sp³-hybridized carbons (Fsp3) is 0. The highest BCUT2D eigenvalue weighted by Gasteiger charge is 2.13. The van der Waals surface area contributed by atoms with Crippen LogP contribution in [0.5, 0.6) is 0 Å². The Morgan fingerprint density at radius 3 is 2.15 bits per heavy atom. The van der Waals surface area contributed by atoms with Crippen LogP contribution in [0.2, 0.25) is 0 Å². The van der Waals surface area contributed by atoms with Crippen LogP contribution in [-0.4, -0.2) is 19.6 Å². The zero-order valence-corrected chi connectivity index (χ0v) is 11.0. The zero-order chi connectivity index (χ0) is 14.6. The molecule has 102 valence electrons. The third-order valence-corrected chi connectivity index (χ3v) is 3.74. The van der Waals surface area contributed by atoms with Gasteiger partial charge in [0.15, 0.2) is 0 Å². The quantitative estimate of drug-likeness (QED) is 0.491. The molecule has 0 bridgehead atoms. The second-order valence-corrected chi connectivity index (χ2v) is 5.50. The Hall–Kier alpha value is -2.54. The smallest absolute Gasteiger partial charge is 0.258 e. The lowest BCUT2D eigenvalue weighted by atomic mass is 10.2. The second kappa shape index (κ2) is 5.62. The van der Waals surface area contributed by atoms with E-state index in [4.69, 9.17) is 0 Å². The first-order valence-corrected chi connectivity index (χ1v) is 7.03. The Bertz CT molecular complexity index is 738. The van der Waals surface area contributed by atoms with Crippen molar-refractivity contribution in [3.63, 3.8) is 0 Å². The van der Waals surface area contributed by atoms with Gasteiger partial charge in [0.25, 0.3) is 15.7 Å². The van der Waals surface area contributed by atoms with E-state index < -0.39 is 14.9 Å². The highest BCUT2D eigenvalue weighted by Crippen LogP contribution is 2.17. The maximum atomic E-state index is 11.9. The molecule has 0 aliphatic heterocycles. The Morgan fingerprint density at radius 2 is 1.60 bits per heavy atom. The van der Waals surface area contributed by atoms with Crippen molar-refractivity contribution in [1.29, 1.82) is 0 Å². The van der Waals surface area contributed by atoms with Crippen molar-refractivity contribution >= 4 is 21.9 Å². The number of non-ortho nitro benzene ring substituents is 1. The molecular weight excluding hydrogens is 280 g/mol. The molecule has 0 fully saturated rings. The van der Waals surface area contributed by atoms with Crippen LogP contribution in [0.1, 0.15) is 5.56 Å². The molecule has 0 spiro atoms. The zero-order valence-electron chi connectivity index (χ0n) is 10.2. The fourth-order valence-corrected chi connectivity index (χ4v) is 2.33. The van der Waals surface area contributed by atoms with Crippen LogP contribution in [0.25, 0.3) is 0 Å². The van der Waals surface area contributed by atoms with E-state index in [2.05, 4.69) is 4.40 Å². The van der Waals surface area contributed by atoms with Gasteiger partial charge in [-0.25, -0.2) is 0 Å². The first-order chi connectivity index (χ1) is 9.49. The average molecular weight is 290 g/mol. The lowest BCUT2D eigenvalue weighted by Crippen LogP contribution is -1.98. The molecule has 0 amide bonds. The van der Waals surface area contributed by atoms with Gasteiger partial charge in [0, 0.05) is 18.3 Å². The summed E-state index contributed by atoms with van der Waals surface area (Å²) in [6.07, 6.45) is 1.23. The fourth-order valence-electron chi connectivity index (χ4n) is 1.47. The Labute approximate surface area is 115 Å². The summed E-state index contributed by atoms with van der Waals surface area (Å²) in [7, 11) is -3.85. The summed E-state index contributed by atoms with van der Waals surface area (Å²) in [4.78, 5) is 9.82. The number of nitro groups is 1. The summed E-state index contributed by atoms with van der Waals surface area (Å²) < 4.78 is 27.4.